The van der Waals surface area contributed by atoms with Gasteiger partial charge in [-0.2, -0.15) is 15.1 Å². The van der Waals surface area contributed by atoms with E-state index in [2.05, 4.69) is 25.5 Å². The maximum Gasteiger partial charge on any atom is 0.303 e. The molecule has 1 fully saturated rings. The Morgan fingerprint density at radius 1 is 1.48 bits per heavy atom. The third kappa shape index (κ3) is 3.12. The Morgan fingerprint density at radius 3 is 3.12 bits per heavy atom. The van der Waals surface area contributed by atoms with Gasteiger partial charge in [-0.25, -0.2) is 0 Å². The molecule has 130 valence electrons. The van der Waals surface area contributed by atoms with Crippen molar-refractivity contribution in [3.63, 3.8) is 0 Å². The van der Waals surface area contributed by atoms with Gasteiger partial charge in [-0.3, -0.25) is 14.3 Å². The van der Waals surface area contributed by atoms with Crippen LogP contribution in [0.3, 0.4) is 0 Å². The smallest absolute Gasteiger partial charge is 0.303 e. The lowest BCUT2D eigenvalue weighted by atomic mass is 10.1. The minimum atomic E-state index is -0.758. The van der Waals surface area contributed by atoms with Crippen molar-refractivity contribution in [3.05, 3.63) is 30.1 Å². The predicted molar refractivity (Wildman–Crippen MR) is 92.2 cm³/mol. The summed E-state index contributed by atoms with van der Waals surface area (Å²) in [5.41, 5.74) is 1.67. The van der Waals surface area contributed by atoms with Crippen LogP contribution in [0.1, 0.15) is 18.5 Å². The summed E-state index contributed by atoms with van der Waals surface area (Å²) in [6, 6.07) is 5.73. The van der Waals surface area contributed by atoms with Crippen molar-refractivity contribution in [1.82, 2.24) is 24.6 Å². The number of nitrogens with zero attached hydrogens (tertiary/aromatic N) is 5. The van der Waals surface area contributed by atoms with E-state index in [9.17, 15) is 4.79 Å². The molecule has 0 radical (unpaired) electrons. The highest BCUT2D eigenvalue weighted by Gasteiger charge is 2.27. The van der Waals surface area contributed by atoms with Crippen molar-refractivity contribution in [2.45, 2.75) is 19.8 Å². The number of fused-ring (bicyclic) bond motifs is 1. The predicted octanol–water partition coefficient (Wildman–Crippen LogP) is 1.81. The van der Waals surface area contributed by atoms with Gasteiger partial charge in [0.2, 0.25) is 11.9 Å². The van der Waals surface area contributed by atoms with E-state index in [1.165, 1.54) is 0 Å². The maximum absolute atomic E-state index is 10.9. The topological polar surface area (TPSA) is 111 Å². The Bertz CT molecular complexity index is 916. The average Bonchev–Trinajstić information content (AvgIpc) is 3.27. The molecule has 1 aliphatic heterocycles. The van der Waals surface area contributed by atoms with E-state index >= 15 is 0 Å². The van der Waals surface area contributed by atoms with Crippen LogP contribution in [0.25, 0.3) is 5.65 Å². The molecule has 4 rings (SSSR count). The Morgan fingerprint density at radius 2 is 2.36 bits per heavy atom. The van der Waals surface area contributed by atoms with E-state index < -0.39 is 5.97 Å². The van der Waals surface area contributed by atoms with Gasteiger partial charge in [0, 0.05) is 31.8 Å². The van der Waals surface area contributed by atoms with Crippen LogP contribution in [-0.4, -0.2) is 48.7 Å². The molecule has 0 bridgehead atoms. The molecule has 9 heteroatoms. The molecule has 0 aliphatic carbocycles. The SMILES string of the molecule is Cc1cc(Nc2nc(N3CCC(CC(=O)O)C3)nc3cccn23)[nH]n1. The Kier molecular flexibility index (Phi) is 3.75. The monoisotopic (exact) mass is 341 g/mol. The first-order valence-corrected chi connectivity index (χ1v) is 8.19. The molecule has 1 atom stereocenters. The van der Waals surface area contributed by atoms with Gasteiger partial charge < -0.3 is 15.3 Å². The van der Waals surface area contributed by atoms with Gasteiger partial charge in [0.15, 0.2) is 0 Å². The molecule has 0 amide bonds. The third-order valence-corrected chi connectivity index (χ3v) is 4.36. The second-order valence-electron chi connectivity index (χ2n) is 6.33. The minimum absolute atomic E-state index is 0.135. The van der Waals surface area contributed by atoms with Crippen LogP contribution in [0.5, 0.6) is 0 Å². The molecule has 1 saturated heterocycles. The highest BCUT2D eigenvalue weighted by atomic mass is 16.4. The summed E-state index contributed by atoms with van der Waals surface area (Å²) < 4.78 is 1.87. The first-order valence-electron chi connectivity index (χ1n) is 8.19. The number of anilines is 3. The summed E-state index contributed by atoms with van der Waals surface area (Å²) in [6.45, 7) is 3.33. The van der Waals surface area contributed by atoms with Crippen LogP contribution in [0.2, 0.25) is 0 Å². The number of hydrogen-bond donors (Lipinski definition) is 3. The van der Waals surface area contributed by atoms with Gasteiger partial charge in [-0.15, -0.1) is 0 Å². The molecule has 9 nitrogen and oxygen atoms in total. The quantitative estimate of drug-likeness (QED) is 0.649. The molecule has 4 heterocycles. The fourth-order valence-corrected chi connectivity index (χ4v) is 3.18. The van der Waals surface area contributed by atoms with E-state index in [4.69, 9.17) is 5.11 Å². The number of aliphatic carboxylic acids is 1. The number of aromatic nitrogens is 5. The summed E-state index contributed by atoms with van der Waals surface area (Å²) in [4.78, 5) is 22.2. The normalized spacial score (nSPS) is 17.3. The van der Waals surface area contributed by atoms with Crippen LogP contribution in [0.4, 0.5) is 17.7 Å². The number of H-pyrrole nitrogens is 1. The molecule has 0 saturated carbocycles. The van der Waals surface area contributed by atoms with Gasteiger partial charge in [0.05, 0.1) is 5.69 Å². The highest BCUT2D eigenvalue weighted by Crippen LogP contribution is 2.25. The largest absolute Gasteiger partial charge is 0.481 e. The van der Waals surface area contributed by atoms with Gasteiger partial charge >= 0.3 is 5.97 Å². The zero-order chi connectivity index (χ0) is 17.4. The zero-order valence-corrected chi connectivity index (χ0v) is 13.8. The van der Waals surface area contributed by atoms with Crippen molar-refractivity contribution in [2.24, 2.45) is 5.92 Å². The third-order valence-electron chi connectivity index (χ3n) is 4.36. The molecule has 1 aliphatic rings. The van der Waals surface area contributed by atoms with Crippen molar-refractivity contribution < 1.29 is 9.90 Å². The number of hydrogen-bond acceptors (Lipinski definition) is 6. The van der Waals surface area contributed by atoms with Crippen molar-refractivity contribution >= 4 is 29.3 Å². The van der Waals surface area contributed by atoms with Crippen LogP contribution in [0.15, 0.2) is 24.4 Å². The van der Waals surface area contributed by atoms with Crippen molar-refractivity contribution in [2.75, 3.05) is 23.3 Å². The first kappa shape index (κ1) is 15.4. The Labute approximate surface area is 143 Å². The molecule has 1 unspecified atom stereocenters. The summed E-state index contributed by atoms with van der Waals surface area (Å²) in [5.74, 6) is 1.37. The number of carboxylic acids is 1. The van der Waals surface area contributed by atoms with Gasteiger partial charge in [-0.1, -0.05) is 0 Å². The van der Waals surface area contributed by atoms with E-state index in [1.807, 2.05) is 40.6 Å². The van der Waals surface area contributed by atoms with E-state index in [0.717, 1.165) is 30.1 Å². The fraction of sp³-hybridized carbons (Fsp3) is 0.375. The number of aryl methyl sites for hydroxylation is 1. The number of carboxylic acid groups (broad SMARTS) is 1. The van der Waals surface area contributed by atoms with E-state index in [0.29, 0.717) is 18.4 Å². The van der Waals surface area contributed by atoms with E-state index in [-0.39, 0.29) is 12.3 Å². The zero-order valence-electron chi connectivity index (χ0n) is 13.8. The first-order chi connectivity index (χ1) is 12.1. The average molecular weight is 341 g/mol. The second kappa shape index (κ2) is 6.08. The number of aromatic amines is 1. The standard InChI is InChI=1S/C16H19N7O2/c1-10-7-12(21-20-10)17-16-19-15(18-13-3-2-5-23(13)16)22-6-4-11(9-22)8-14(24)25/h2-3,5,7,11H,4,6,8-9H2,1H3,(H,24,25)(H2,17,18,19,20,21). The molecular weight excluding hydrogens is 322 g/mol. The summed E-state index contributed by atoms with van der Waals surface area (Å²) in [7, 11) is 0. The Balaban J connectivity index is 1.63. The lowest BCUT2D eigenvalue weighted by molar-refractivity contribution is -0.137. The number of carbonyl (C=O) groups is 1. The van der Waals surface area contributed by atoms with Crippen molar-refractivity contribution in [3.8, 4) is 0 Å². The second-order valence-corrected chi connectivity index (χ2v) is 6.33. The summed E-state index contributed by atoms with van der Waals surface area (Å²) in [5, 5.41) is 19.2. The van der Waals surface area contributed by atoms with Crippen LogP contribution < -0.4 is 10.2 Å². The fourth-order valence-electron chi connectivity index (χ4n) is 3.18. The summed E-state index contributed by atoms with van der Waals surface area (Å²) >= 11 is 0. The molecule has 3 aromatic rings. The molecule has 25 heavy (non-hydrogen) atoms. The Hall–Kier alpha value is -3.10. The van der Waals surface area contributed by atoms with Crippen LogP contribution in [-0.2, 0) is 4.79 Å². The molecule has 3 N–H and O–H groups in total. The van der Waals surface area contributed by atoms with Gasteiger partial charge in [-0.05, 0) is 31.4 Å². The maximum atomic E-state index is 10.9. The highest BCUT2D eigenvalue weighted by molar-refractivity contribution is 5.67. The molecular formula is C16H19N7O2. The number of rotatable bonds is 5. The summed E-state index contributed by atoms with van der Waals surface area (Å²) in [6.07, 6.45) is 2.91. The molecule has 0 aromatic carbocycles. The molecule has 0 spiro atoms. The lowest BCUT2D eigenvalue weighted by Gasteiger charge is -2.18. The minimum Gasteiger partial charge on any atom is -0.481 e. The lowest BCUT2D eigenvalue weighted by Crippen LogP contribution is -2.23. The van der Waals surface area contributed by atoms with E-state index in [1.54, 1.807) is 0 Å². The van der Waals surface area contributed by atoms with Gasteiger partial charge in [0.1, 0.15) is 11.5 Å². The van der Waals surface area contributed by atoms with Gasteiger partial charge in [0.25, 0.3) is 0 Å². The number of nitrogens with one attached hydrogen (secondary N) is 2. The van der Waals surface area contributed by atoms with Crippen molar-refractivity contribution in [1.29, 1.82) is 0 Å². The van der Waals surface area contributed by atoms with Crippen LogP contribution >= 0.6 is 0 Å². The molecule has 3 aromatic heterocycles. The van der Waals surface area contributed by atoms with Crippen LogP contribution in [0, 0.1) is 12.8 Å².